The highest BCUT2D eigenvalue weighted by molar-refractivity contribution is 5.87. The molecule has 136 valence electrons. The fraction of sp³-hybridized carbons (Fsp3) is 0.450. The lowest BCUT2D eigenvalue weighted by atomic mass is 9.84. The number of nitrogens with one attached hydrogen (secondary N) is 1. The zero-order valence-electron chi connectivity index (χ0n) is 14.9. The van der Waals surface area contributed by atoms with E-state index >= 15 is 0 Å². The van der Waals surface area contributed by atoms with Crippen LogP contribution in [0.2, 0.25) is 0 Å². The van der Waals surface area contributed by atoms with E-state index in [4.69, 9.17) is 4.74 Å². The number of hydrogen-bond acceptors (Lipinski definition) is 4. The van der Waals surface area contributed by atoms with E-state index in [1.807, 2.05) is 36.4 Å². The first-order valence-corrected chi connectivity index (χ1v) is 9.14. The molecule has 0 bridgehead atoms. The Morgan fingerprint density at radius 3 is 2.77 bits per heavy atom. The maximum Gasteiger partial charge on any atom is 0.307 e. The molecular formula is C20H23N3O3. The molecule has 4 rings (SSSR count). The highest BCUT2D eigenvalue weighted by Crippen LogP contribution is 2.46. The topological polar surface area (TPSA) is 75.3 Å². The summed E-state index contributed by atoms with van der Waals surface area (Å²) in [6.07, 6.45) is 3.82. The average molecular weight is 353 g/mol. The van der Waals surface area contributed by atoms with Gasteiger partial charge in [-0.1, -0.05) is 30.3 Å². The Kier molecular flexibility index (Phi) is 4.26. The van der Waals surface area contributed by atoms with Crippen LogP contribution >= 0.6 is 0 Å². The third-order valence-electron chi connectivity index (χ3n) is 5.56. The molecule has 26 heavy (non-hydrogen) atoms. The summed E-state index contributed by atoms with van der Waals surface area (Å²) >= 11 is 0. The van der Waals surface area contributed by atoms with Gasteiger partial charge >= 0.3 is 5.97 Å². The minimum atomic E-state index is -0.564. The number of carbonyl (C=O) groups is 2. The molecule has 2 fully saturated rings. The molecule has 2 aliphatic rings. The van der Waals surface area contributed by atoms with Crippen molar-refractivity contribution < 1.29 is 14.3 Å². The quantitative estimate of drug-likeness (QED) is 0.858. The van der Waals surface area contributed by atoms with Crippen molar-refractivity contribution in [3.63, 3.8) is 0 Å². The lowest BCUT2D eigenvalue weighted by molar-refractivity contribution is -0.151. The summed E-state index contributed by atoms with van der Waals surface area (Å²) in [7, 11) is 1.77. The Bertz CT molecular complexity index is 809. The molecule has 1 aromatic carbocycles. The molecule has 1 aliphatic carbocycles. The Morgan fingerprint density at radius 2 is 2.04 bits per heavy atom. The van der Waals surface area contributed by atoms with Gasteiger partial charge in [0, 0.05) is 12.6 Å². The number of aromatic amines is 1. The number of rotatable bonds is 4. The monoisotopic (exact) mass is 353 g/mol. The van der Waals surface area contributed by atoms with Crippen molar-refractivity contribution in [2.45, 2.75) is 44.2 Å². The van der Waals surface area contributed by atoms with E-state index in [9.17, 15) is 9.59 Å². The number of amides is 1. The maximum absolute atomic E-state index is 13.0. The van der Waals surface area contributed by atoms with Gasteiger partial charge in [0.25, 0.3) is 0 Å². The molecular weight excluding hydrogens is 330 g/mol. The van der Waals surface area contributed by atoms with Gasteiger partial charge in [-0.25, -0.2) is 0 Å². The van der Waals surface area contributed by atoms with Gasteiger partial charge in [0.2, 0.25) is 5.91 Å². The summed E-state index contributed by atoms with van der Waals surface area (Å²) in [4.78, 5) is 26.5. The number of carbonyl (C=O) groups excluding carboxylic acids is 2. The molecule has 1 aliphatic heterocycles. The zero-order valence-corrected chi connectivity index (χ0v) is 14.9. The SMILES string of the molecule is CN(Cc1cc(-c2ccccc2)n[nH]1)C(=O)C1CC(=O)OC12CCCC2. The lowest BCUT2D eigenvalue weighted by Crippen LogP contribution is -2.43. The largest absolute Gasteiger partial charge is 0.458 e. The highest BCUT2D eigenvalue weighted by Gasteiger charge is 2.54. The Hall–Kier alpha value is -2.63. The second-order valence-corrected chi connectivity index (χ2v) is 7.34. The minimum Gasteiger partial charge on any atom is -0.458 e. The van der Waals surface area contributed by atoms with Crippen molar-refractivity contribution in [1.82, 2.24) is 15.1 Å². The highest BCUT2D eigenvalue weighted by atomic mass is 16.6. The third kappa shape index (κ3) is 3.00. The van der Waals surface area contributed by atoms with E-state index in [1.54, 1.807) is 11.9 Å². The van der Waals surface area contributed by atoms with Crippen LogP contribution in [0.25, 0.3) is 11.3 Å². The molecule has 1 atom stereocenters. The van der Waals surface area contributed by atoms with Crippen LogP contribution in [-0.2, 0) is 20.9 Å². The van der Waals surface area contributed by atoms with Crippen LogP contribution < -0.4 is 0 Å². The predicted molar refractivity (Wildman–Crippen MR) is 95.9 cm³/mol. The van der Waals surface area contributed by atoms with Gasteiger partial charge < -0.3 is 9.64 Å². The zero-order chi connectivity index (χ0) is 18.1. The second-order valence-electron chi connectivity index (χ2n) is 7.34. The van der Waals surface area contributed by atoms with Crippen molar-refractivity contribution in [3.8, 4) is 11.3 Å². The molecule has 1 N–H and O–H groups in total. The van der Waals surface area contributed by atoms with Crippen LogP contribution in [0.3, 0.4) is 0 Å². The van der Waals surface area contributed by atoms with E-state index in [-0.39, 0.29) is 24.2 Å². The number of hydrogen-bond donors (Lipinski definition) is 1. The summed E-state index contributed by atoms with van der Waals surface area (Å²) in [5, 5.41) is 7.35. The molecule has 1 saturated heterocycles. The molecule has 1 amide bonds. The van der Waals surface area contributed by atoms with Crippen LogP contribution in [0, 0.1) is 5.92 Å². The van der Waals surface area contributed by atoms with Gasteiger partial charge in [0.1, 0.15) is 5.60 Å². The Morgan fingerprint density at radius 1 is 1.31 bits per heavy atom. The third-order valence-corrected chi connectivity index (χ3v) is 5.56. The molecule has 2 heterocycles. The predicted octanol–water partition coefficient (Wildman–Crippen LogP) is 2.91. The van der Waals surface area contributed by atoms with Crippen molar-refractivity contribution in [1.29, 1.82) is 0 Å². The standard InChI is InChI=1S/C20H23N3O3/c1-23(13-15-11-17(22-21-15)14-7-3-2-4-8-14)19(25)16-12-18(24)26-20(16)9-5-6-10-20/h2-4,7-8,11,16H,5-6,9-10,12-13H2,1H3,(H,21,22). The summed E-state index contributed by atoms with van der Waals surface area (Å²) in [6.45, 7) is 0.430. The normalized spacial score (nSPS) is 21.1. The lowest BCUT2D eigenvalue weighted by Gasteiger charge is -2.30. The van der Waals surface area contributed by atoms with Crippen LogP contribution in [0.4, 0.5) is 0 Å². The van der Waals surface area contributed by atoms with Crippen molar-refractivity contribution in [2.24, 2.45) is 5.92 Å². The van der Waals surface area contributed by atoms with Gasteiger partial charge in [-0.05, 0) is 31.7 Å². The van der Waals surface area contributed by atoms with Gasteiger partial charge in [-0.3, -0.25) is 14.7 Å². The number of aromatic nitrogens is 2. The second kappa shape index (κ2) is 6.59. The minimum absolute atomic E-state index is 0.0198. The van der Waals surface area contributed by atoms with Crippen LogP contribution in [0.1, 0.15) is 37.8 Å². The van der Waals surface area contributed by atoms with Crippen LogP contribution in [0.5, 0.6) is 0 Å². The smallest absolute Gasteiger partial charge is 0.307 e. The molecule has 1 aromatic heterocycles. The first kappa shape index (κ1) is 16.8. The fourth-order valence-electron chi connectivity index (χ4n) is 4.23. The molecule has 1 unspecified atom stereocenters. The van der Waals surface area contributed by atoms with Crippen molar-refractivity contribution in [3.05, 3.63) is 42.1 Å². The van der Waals surface area contributed by atoms with E-state index in [0.717, 1.165) is 42.6 Å². The average Bonchev–Trinajstić information content (AvgIpc) is 3.37. The summed E-state index contributed by atoms with van der Waals surface area (Å²) in [6, 6.07) is 11.9. The van der Waals surface area contributed by atoms with Crippen LogP contribution in [0.15, 0.2) is 36.4 Å². The van der Waals surface area contributed by atoms with Gasteiger partial charge in [-0.2, -0.15) is 5.10 Å². The number of H-pyrrole nitrogens is 1. The fourth-order valence-corrected chi connectivity index (χ4v) is 4.23. The first-order valence-electron chi connectivity index (χ1n) is 9.14. The molecule has 1 spiro atoms. The molecule has 0 radical (unpaired) electrons. The maximum atomic E-state index is 13.0. The van der Waals surface area contributed by atoms with E-state index in [0.29, 0.717) is 6.54 Å². The number of benzene rings is 1. The summed E-state index contributed by atoms with van der Waals surface area (Å²) in [5.74, 6) is -0.626. The van der Waals surface area contributed by atoms with E-state index in [1.165, 1.54) is 0 Å². The number of nitrogens with zero attached hydrogens (tertiary/aromatic N) is 2. The van der Waals surface area contributed by atoms with Crippen molar-refractivity contribution >= 4 is 11.9 Å². The van der Waals surface area contributed by atoms with Crippen molar-refractivity contribution in [2.75, 3.05) is 7.05 Å². The molecule has 6 nitrogen and oxygen atoms in total. The molecule has 6 heteroatoms. The van der Waals surface area contributed by atoms with Gasteiger partial charge in [0.15, 0.2) is 0 Å². The molecule has 1 saturated carbocycles. The Labute approximate surface area is 152 Å². The number of esters is 1. The van der Waals surface area contributed by atoms with E-state index < -0.39 is 5.60 Å². The van der Waals surface area contributed by atoms with Crippen LogP contribution in [-0.4, -0.2) is 39.6 Å². The Balaban J connectivity index is 1.46. The van der Waals surface area contributed by atoms with Gasteiger partial charge in [-0.15, -0.1) is 0 Å². The summed E-state index contributed by atoms with van der Waals surface area (Å²) in [5.41, 5.74) is 2.19. The van der Waals surface area contributed by atoms with E-state index in [2.05, 4.69) is 10.2 Å². The van der Waals surface area contributed by atoms with Gasteiger partial charge in [0.05, 0.1) is 30.3 Å². The summed E-state index contributed by atoms with van der Waals surface area (Å²) < 4.78 is 5.60. The number of ether oxygens (including phenoxy) is 1. The first-order chi connectivity index (χ1) is 12.6. The molecule has 2 aromatic rings.